The highest BCUT2D eigenvalue weighted by Crippen LogP contribution is 2.15. The fourth-order valence-corrected chi connectivity index (χ4v) is 3.10. The number of aryl methyl sites for hydroxylation is 1. The van der Waals surface area contributed by atoms with E-state index < -0.39 is 0 Å². The van der Waals surface area contributed by atoms with Crippen molar-refractivity contribution >= 4 is 41.0 Å². The van der Waals surface area contributed by atoms with Crippen LogP contribution in [0.25, 0.3) is 11.0 Å². The zero-order chi connectivity index (χ0) is 19.2. The minimum atomic E-state index is 0. The number of rotatable bonds is 6. The van der Waals surface area contributed by atoms with Crippen molar-refractivity contribution in [1.82, 2.24) is 19.8 Å². The number of para-hydroxylation sites is 2. The number of nitrogens with one attached hydrogen (secondary N) is 1. The standard InChI is InChI=1S/C21H27N5O.HI/c1-5-27-17-12-10-16(11-13-17)15-25(3)21(22-2)23-14-20-24-18-8-6-7-9-19(18)26(20)4;/h6-13H,5,14-15H2,1-4H3,(H,22,23);1H. The highest BCUT2D eigenvalue weighted by Gasteiger charge is 2.10. The molecule has 0 unspecified atom stereocenters. The van der Waals surface area contributed by atoms with Crippen LogP contribution in [0.15, 0.2) is 53.5 Å². The number of hydrogen-bond donors (Lipinski definition) is 1. The molecular formula is C21H28IN5O. The van der Waals surface area contributed by atoms with Crippen LogP contribution in [0.1, 0.15) is 18.3 Å². The second-order valence-electron chi connectivity index (χ2n) is 6.41. The van der Waals surface area contributed by atoms with E-state index in [4.69, 9.17) is 9.72 Å². The number of benzene rings is 2. The van der Waals surface area contributed by atoms with Crippen molar-refractivity contribution in [3.63, 3.8) is 0 Å². The first-order valence-electron chi connectivity index (χ1n) is 9.16. The summed E-state index contributed by atoms with van der Waals surface area (Å²) in [6.45, 7) is 4.04. The van der Waals surface area contributed by atoms with Gasteiger partial charge in [0.25, 0.3) is 0 Å². The second-order valence-corrected chi connectivity index (χ2v) is 6.41. The largest absolute Gasteiger partial charge is 0.494 e. The van der Waals surface area contributed by atoms with Crippen LogP contribution in [0.4, 0.5) is 0 Å². The maximum atomic E-state index is 5.50. The molecule has 0 radical (unpaired) electrons. The molecule has 0 saturated heterocycles. The Labute approximate surface area is 183 Å². The summed E-state index contributed by atoms with van der Waals surface area (Å²) in [6, 6.07) is 16.3. The Balaban J connectivity index is 0.00000280. The van der Waals surface area contributed by atoms with Crippen molar-refractivity contribution in [1.29, 1.82) is 0 Å². The van der Waals surface area contributed by atoms with Gasteiger partial charge in [-0.05, 0) is 36.8 Å². The third kappa shape index (κ3) is 5.15. The van der Waals surface area contributed by atoms with Crippen LogP contribution >= 0.6 is 24.0 Å². The summed E-state index contributed by atoms with van der Waals surface area (Å²) >= 11 is 0. The number of halogens is 1. The number of fused-ring (bicyclic) bond motifs is 1. The van der Waals surface area contributed by atoms with E-state index in [1.807, 2.05) is 51.4 Å². The van der Waals surface area contributed by atoms with E-state index in [-0.39, 0.29) is 24.0 Å². The Kier molecular flexibility index (Phi) is 8.10. The van der Waals surface area contributed by atoms with Gasteiger partial charge in [0.15, 0.2) is 5.96 Å². The maximum Gasteiger partial charge on any atom is 0.194 e. The van der Waals surface area contributed by atoms with Crippen LogP contribution in [-0.4, -0.2) is 41.1 Å². The zero-order valence-corrected chi connectivity index (χ0v) is 19.2. The van der Waals surface area contributed by atoms with Gasteiger partial charge in [-0.15, -0.1) is 24.0 Å². The van der Waals surface area contributed by atoms with Crippen molar-refractivity contribution in [2.75, 3.05) is 20.7 Å². The average molecular weight is 493 g/mol. The van der Waals surface area contributed by atoms with Crippen LogP contribution in [0.5, 0.6) is 5.75 Å². The van der Waals surface area contributed by atoms with E-state index in [0.717, 1.165) is 35.1 Å². The van der Waals surface area contributed by atoms with Crippen LogP contribution < -0.4 is 10.1 Å². The molecule has 6 nitrogen and oxygen atoms in total. The molecule has 2 aromatic carbocycles. The molecule has 1 heterocycles. The highest BCUT2D eigenvalue weighted by atomic mass is 127. The molecule has 150 valence electrons. The lowest BCUT2D eigenvalue weighted by Crippen LogP contribution is -2.38. The molecule has 0 amide bonds. The molecule has 0 aliphatic rings. The van der Waals surface area contributed by atoms with E-state index in [1.54, 1.807) is 7.05 Å². The predicted octanol–water partition coefficient (Wildman–Crippen LogP) is 3.80. The SMILES string of the molecule is CCOc1ccc(CN(C)C(=NC)NCc2nc3ccccc3n2C)cc1.I. The van der Waals surface area contributed by atoms with Gasteiger partial charge in [-0.1, -0.05) is 24.3 Å². The summed E-state index contributed by atoms with van der Waals surface area (Å²) < 4.78 is 7.61. The maximum absolute atomic E-state index is 5.50. The first-order valence-corrected chi connectivity index (χ1v) is 9.16. The van der Waals surface area contributed by atoms with Gasteiger partial charge in [-0.3, -0.25) is 4.99 Å². The first kappa shape index (κ1) is 22.0. The zero-order valence-electron chi connectivity index (χ0n) is 16.8. The lowest BCUT2D eigenvalue weighted by atomic mass is 10.2. The molecule has 1 aromatic heterocycles. The molecule has 0 saturated carbocycles. The lowest BCUT2D eigenvalue weighted by molar-refractivity contribution is 0.340. The minimum Gasteiger partial charge on any atom is -0.494 e. The summed E-state index contributed by atoms with van der Waals surface area (Å²) in [5.74, 6) is 2.70. The van der Waals surface area contributed by atoms with Gasteiger partial charge in [0, 0.05) is 27.7 Å². The Morgan fingerprint density at radius 2 is 1.89 bits per heavy atom. The summed E-state index contributed by atoms with van der Waals surface area (Å²) in [7, 11) is 5.87. The van der Waals surface area contributed by atoms with Gasteiger partial charge < -0.3 is 19.5 Å². The second kappa shape index (κ2) is 10.3. The predicted molar refractivity (Wildman–Crippen MR) is 125 cm³/mol. The lowest BCUT2D eigenvalue weighted by Gasteiger charge is -2.22. The van der Waals surface area contributed by atoms with E-state index >= 15 is 0 Å². The van der Waals surface area contributed by atoms with Gasteiger partial charge >= 0.3 is 0 Å². The van der Waals surface area contributed by atoms with Gasteiger partial charge in [0.1, 0.15) is 11.6 Å². The number of hydrogen-bond acceptors (Lipinski definition) is 3. The number of aliphatic imine (C=N–C) groups is 1. The van der Waals surface area contributed by atoms with Gasteiger partial charge in [-0.25, -0.2) is 4.98 Å². The molecular weight excluding hydrogens is 465 g/mol. The van der Waals surface area contributed by atoms with Crippen LogP contribution in [0.2, 0.25) is 0 Å². The molecule has 7 heteroatoms. The normalized spacial score (nSPS) is 11.2. The molecule has 0 aliphatic carbocycles. The van der Waals surface area contributed by atoms with Crippen LogP contribution in [-0.2, 0) is 20.1 Å². The number of ether oxygens (including phenoxy) is 1. The fraction of sp³-hybridized carbons (Fsp3) is 0.333. The first-order chi connectivity index (χ1) is 13.1. The summed E-state index contributed by atoms with van der Waals surface area (Å²) in [6.07, 6.45) is 0. The summed E-state index contributed by atoms with van der Waals surface area (Å²) in [4.78, 5) is 11.2. The third-order valence-corrected chi connectivity index (χ3v) is 4.51. The van der Waals surface area contributed by atoms with Crippen molar-refractivity contribution in [2.45, 2.75) is 20.0 Å². The van der Waals surface area contributed by atoms with E-state index in [1.165, 1.54) is 5.56 Å². The molecule has 0 fully saturated rings. The van der Waals surface area contributed by atoms with Gasteiger partial charge in [-0.2, -0.15) is 0 Å². The van der Waals surface area contributed by atoms with Gasteiger partial charge in [0.2, 0.25) is 0 Å². The Bertz CT molecular complexity index is 920. The van der Waals surface area contributed by atoms with E-state index in [0.29, 0.717) is 13.2 Å². The number of aromatic nitrogens is 2. The van der Waals surface area contributed by atoms with Crippen molar-refractivity contribution < 1.29 is 4.74 Å². The van der Waals surface area contributed by atoms with Crippen LogP contribution in [0.3, 0.4) is 0 Å². The number of guanidine groups is 1. The average Bonchev–Trinajstić information content (AvgIpc) is 3.00. The quantitative estimate of drug-likeness (QED) is 0.323. The summed E-state index contributed by atoms with van der Waals surface area (Å²) in [5, 5.41) is 3.41. The molecule has 28 heavy (non-hydrogen) atoms. The summed E-state index contributed by atoms with van der Waals surface area (Å²) in [5.41, 5.74) is 3.34. The monoisotopic (exact) mass is 493 g/mol. The van der Waals surface area contributed by atoms with Crippen molar-refractivity contribution in [3.8, 4) is 5.75 Å². The smallest absolute Gasteiger partial charge is 0.194 e. The molecule has 0 aliphatic heterocycles. The minimum absolute atomic E-state index is 0. The fourth-order valence-electron chi connectivity index (χ4n) is 3.10. The molecule has 3 rings (SSSR count). The van der Waals surface area contributed by atoms with Crippen molar-refractivity contribution in [3.05, 3.63) is 59.9 Å². The molecule has 3 aromatic rings. The van der Waals surface area contributed by atoms with E-state index in [9.17, 15) is 0 Å². The van der Waals surface area contributed by atoms with E-state index in [2.05, 4.69) is 38.0 Å². The Morgan fingerprint density at radius 1 is 1.18 bits per heavy atom. The van der Waals surface area contributed by atoms with Gasteiger partial charge in [0.05, 0.1) is 24.2 Å². The topological polar surface area (TPSA) is 54.7 Å². The molecule has 0 spiro atoms. The van der Waals surface area contributed by atoms with Crippen molar-refractivity contribution in [2.24, 2.45) is 12.0 Å². The number of imidazole rings is 1. The van der Waals surface area contributed by atoms with Crippen LogP contribution in [0, 0.1) is 0 Å². The third-order valence-electron chi connectivity index (χ3n) is 4.51. The number of nitrogens with zero attached hydrogens (tertiary/aromatic N) is 4. The molecule has 0 atom stereocenters. The molecule has 0 bridgehead atoms. The Hall–Kier alpha value is -2.29. The molecule has 1 N–H and O–H groups in total. The Morgan fingerprint density at radius 3 is 2.54 bits per heavy atom. The highest BCUT2D eigenvalue weighted by molar-refractivity contribution is 14.0.